The van der Waals surface area contributed by atoms with Crippen molar-refractivity contribution in [3.63, 3.8) is 0 Å². The molecule has 0 aliphatic carbocycles. The Hall–Kier alpha value is -1.68. The third kappa shape index (κ3) is 2.12. The quantitative estimate of drug-likeness (QED) is 0.857. The van der Waals surface area contributed by atoms with Crippen LogP contribution in [0.4, 0.5) is 4.39 Å². The lowest BCUT2D eigenvalue weighted by Gasteiger charge is -2.05. The van der Waals surface area contributed by atoms with Gasteiger partial charge in [-0.2, -0.15) is 5.10 Å². The minimum absolute atomic E-state index is 0.0189. The molecule has 1 aromatic carbocycles. The number of aliphatic hydroxyl groups excluding tert-OH is 1. The van der Waals surface area contributed by atoms with Gasteiger partial charge in [-0.1, -0.05) is 12.1 Å². The molecule has 0 radical (unpaired) electrons. The first-order valence-corrected chi connectivity index (χ1v) is 5.07. The summed E-state index contributed by atoms with van der Waals surface area (Å²) in [5.41, 5.74) is 2.57. The maximum absolute atomic E-state index is 13.0. The monoisotopic (exact) mass is 220 g/mol. The van der Waals surface area contributed by atoms with E-state index < -0.39 is 0 Å². The van der Waals surface area contributed by atoms with Gasteiger partial charge in [-0.3, -0.25) is 4.68 Å². The summed E-state index contributed by atoms with van der Waals surface area (Å²) in [4.78, 5) is 0. The lowest BCUT2D eigenvalue weighted by atomic mass is 10.2. The normalized spacial score (nSPS) is 10.7. The van der Waals surface area contributed by atoms with Crippen molar-refractivity contribution in [2.75, 3.05) is 0 Å². The molecule has 1 heterocycles. The minimum atomic E-state index is -0.246. The molecule has 1 aromatic heterocycles. The molecule has 0 spiro atoms. The summed E-state index contributed by atoms with van der Waals surface area (Å²) in [6.45, 7) is 2.39. The van der Waals surface area contributed by atoms with Crippen molar-refractivity contribution in [3.05, 3.63) is 53.1 Å². The zero-order valence-electron chi connectivity index (χ0n) is 9.02. The molecule has 0 aliphatic heterocycles. The van der Waals surface area contributed by atoms with Gasteiger partial charge in [0.1, 0.15) is 5.82 Å². The van der Waals surface area contributed by atoms with Gasteiger partial charge in [-0.15, -0.1) is 0 Å². The van der Waals surface area contributed by atoms with Gasteiger partial charge in [0, 0.05) is 11.3 Å². The Labute approximate surface area is 93.2 Å². The largest absolute Gasteiger partial charge is 0.392 e. The summed E-state index contributed by atoms with van der Waals surface area (Å²) in [6.07, 6.45) is 1.63. The van der Waals surface area contributed by atoms with E-state index in [1.165, 1.54) is 12.1 Å². The fraction of sp³-hybridized carbons (Fsp3) is 0.250. The maximum Gasteiger partial charge on any atom is 0.123 e. The highest BCUT2D eigenvalue weighted by atomic mass is 19.1. The smallest absolute Gasteiger partial charge is 0.123 e. The van der Waals surface area contributed by atoms with E-state index >= 15 is 0 Å². The highest BCUT2D eigenvalue weighted by Crippen LogP contribution is 2.10. The van der Waals surface area contributed by atoms with Crippen LogP contribution in [-0.4, -0.2) is 14.9 Å². The predicted molar refractivity (Wildman–Crippen MR) is 58.4 cm³/mol. The number of hydrogen-bond acceptors (Lipinski definition) is 2. The molecule has 0 unspecified atom stereocenters. The zero-order chi connectivity index (χ0) is 11.5. The SMILES string of the molecule is Cc1c(CO)cnn1Cc1cccc(F)c1. The molecule has 0 saturated carbocycles. The lowest BCUT2D eigenvalue weighted by molar-refractivity contribution is 0.281. The molecule has 0 atom stereocenters. The number of aliphatic hydroxyl groups is 1. The van der Waals surface area contributed by atoms with Gasteiger partial charge in [-0.25, -0.2) is 4.39 Å². The minimum Gasteiger partial charge on any atom is -0.392 e. The van der Waals surface area contributed by atoms with Crippen LogP contribution in [0.2, 0.25) is 0 Å². The number of hydrogen-bond donors (Lipinski definition) is 1. The standard InChI is InChI=1S/C12H13FN2O/c1-9-11(8-16)6-14-15(9)7-10-3-2-4-12(13)5-10/h2-6,16H,7-8H2,1H3. The van der Waals surface area contributed by atoms with Crippen molar-refractivity contribution in [1.29, 1.82) is 0 Å². The van der Waals surface area contributed by atoms with Crippen molar-refractivity contribution in [1.82, 2.24) is 9.78 Å². The second-order valence-corrected chi connectivity index (χ2v) is 3.70. The highest BCUT2D eigenvalue weighted by molar-refractivity contribution is 5.20. The summed E-state index contributed by atoms with van der Waals surface area (Å²) in [5, 5.41) is 13.2. The van der Waals surface area contributed by atoms with Crippen LogP contribution in [0.3, 0.4) is 0 Å². The van der Waals surface area contributed by atoms with E-state index in [1.54, 1.807) is 16.9 Å². The van der Waals surface area contributed by atoms with Crippen LogP contribution in [0.5, 0.6) is 0 Å². The average Bonchev–Trinajstić information content (AvgIpc) is 2.60. The number of rotatable bonds is 3. The van der Waals surface area contributed by atoms with Gasteiger partial charge in [-0.05, 0) is 24.6 Å². The second kappa shape index (κ2) is 4.45. The number of benzene rings is 1. The van der Waals surface area contributed by atoms with Crippen molar-refractivity contribution >= 4 is 0 Å². The molecule has 0 bridgehead atoms. The summed E-state index contributed by atoms with van der Waals surface area (Å²) < 4.78 is 14.7. The molecule has 16 heavy (non-hydrogen) atoms. The van der Waals surface area contributed by atoms with E-state index in [9.17, 15) is 4.39 Å². The van der Waals surface area contributed by atoms with Gasteiger partial charge in [0.05, 0.1) is 19.3 Å². The molecule has 3 nitrogen and oxygen atoms in total. The van der Waals surface area contributed by atoms with Crippen LogP contribution in [0.15, 0.2) is 30.5 Å². The summed E-state index contributed by atoms with van der Waals surface area (Å²) in [5.74, 6) is -0.246. The van der Waals surface area contributed by atoms with E-state index in [0.717, 1.165) is 16.8 Å². The summed E-state index contributed by atoms with van der Waals surface area (Å²) in [7, 11) is 0. The molecule has 0 aliphatic rings. The zero-order valence-corrected chi connectivity index (χ0v) is 9.02. The van der Waals surface area contributed by atoms with Gasteiger partial charge in [0.25, 0.3) is 0 Å². The average molecular weight is 220 g/mol. The number of halogens is 1. The highest BCUT2D eigenvalue weighted by Gasteiger charge is 2.05. The maximum atomic E-state index is 13.0. The molecule has 4 heteroatoms. The van der Waals surface area contributed by atoms with E-state index in [2.05, 4.69) is 5.10 Å². The molecule has 0 saturated heterocycles. The van der Waals surface area contributed by atoms with Gasteiger partial charge in [0.2, 0.25) is 0 Å². The van der Waals surface area contributed by atoms with Crippen LogP contribution in [-0.2, 0) is 13.2 Å². The molecule has 1 N–H and O–H groups in total. The number of nitrogens with zero attached hydrogens (tertiary/aromatic N) is 2. The molecular formula is C12H13FN2O. The Morgan fingerprint density at radius 3 is 2.88 bits per heavy atom. The Bertz CT molecular complexity index is 494. The third-order valence-electron chi connectivity index (χ3n) is 2.60. The first kappa shape index (κ1) is 10.8. The van der Waals surface area contributed by atoms with Crippen molar-refractivity contribution in [2.24, 2.45) is 0 Å². The Kier molecular flexibility index (Phi) is 3.01. The van der Waals surface area contributed by atoms with Crippen LogP contribution in [0.1, 0.15) is 16.8 Å². The third-order valence-corrected chi connectivity index (χ3v) is 2.60. The van der Waals surface area contributed by atoms with Gasteiger partial charge >= 0.3 is 0 Å². The fourth-order valence-corrected chi connectivity index (χ4v) is 1.61. The van der Waals surface area contributed by atoms with Crippen molar-refractivity contribution in [3.8, 4) is 0 Å². The molecule has 84 valence electrons. The topological polar surface area (TPSA) is 38.1 Å². The summed E-state index contributed by atoms with van der Waals surface area (Å²) >= 11 is 0. The first-order valence-electron chi connectivity index (χ1n) is 5.07. The molecule has 0 amide bonds. The number of aromatic nitrogens is 2. The van der Waals surface area contributed by atoms with Crippen molar-refractivity contribution in [2.45, 2.75) is 20.1 Å². The predicted octanol–water partition coefficient (Wildman–Crippen LogP) is 1.87. The lowest BCUT2D eigenvalue weighted by Crippen LogP contribution is -2.04. The van der Waals surface area contributed by atoms with E-state index in [4.69, 9.17) is 5.11 Å². The summed E-state index contributed by atoms with van der Waals surface area (Å²) in [6, 6.07) is 6.43. The second-order valence-electron chi connectivity index (χ2n) is 3.70. The molecular weight excluding hydrogens is 207 g/mol. The van der Waals surface area contributed by atoms with Gasteiger partial charge < -0.3 is 5.11 Å². The molecule has 0 fully saturated rings. The Balaban J connectivity index is 2.24. The Morgan fingerprint density at radius 2 is 2.25 bits per heavy atom. The van der Waals surface area contributed by atoms with Crippen molar-refractivity contribution < 1.29 is 9.50 Å². The molecule has 2 rings (SSSR count). The molecule has 2 aromatic rings. The van der Waals surface area contributed by atoms with E-state index in [-0.39, 0.29) is 12.4 Å². The fourth-order valence-electron chi connectivity index (χ4n) is 1.61. The van der Waals surface area contributed by atoms with Crippen LogP contribution >= 0.6 is 0 Å². The van der Waals surface area contributed by atoms with E-state index in [1.807, 2.05) is 13.0 Å². The van der Waals surface area contributed by atoms with Crippen LogP contribution in [0, 0.1) is 12.7 Å². The van der Waals surface area contributed by atoms with Gasteiger partial charge in [0.15, 0.2) is 0 Å². The first-order chi connectivity index (χ1) is 7.70. The van der Waals surface area contributed by atoms with Crippen LogP contribution < -0.4 is 0 Å². The van der Waals surface area contributed by atoms with Crippen LogP contribution in [0.25, 0.3) is 0 Å². The van der Waals surface area contributed by atoms with E-state index in [0.29, 0.717) is 6.54 Å². The Morgan fingerprint density at radius 1 is 1.44 bits per heavy atom.